The molecule has 1 fully saturated rings. The lowest BCUT2D eigenvalue weighted by Gasteiger charge is -2.10. The molecule has 0 saturated carbocycles. The number of rotatable bonds is 5. The first-order valence-electron chi connectivity index (χ1n) is 6.72. The van der Waals surface area contributed by atoms with Crippen LogP contribution in [-0.4, -0.2) is 38.9 Å². The highest BCUT2D eigenvalue weighted by Crippen LogP contribution is 2.17. The van der Waals surface area contributed by atoms with Gasteiger partial charge in [-0.2, -0.15) is 0 Å². The quantitative estimate of drug-likeness (QED) is 0.848. The van der Waals surface area contributed by atoms with Gasteiger partial charge in [-0.05, 0) is 37.9 Å². The van der Waals surface area contributed by atoms with Gasteiger partial charge in [0, 0.05) is 5.69 Å². The second kappa shape index (κ2) is 6.37. The lowest BCUT2D eigenvalue weighted by molar-refractivity contribution is -0.115. The van der Waals surface area contributed by atoms with Crippen molar-refractivity contribution < 1.29 is 13.2 Å². The maximum absolute atomic E-state index is 11.7. The van der Waals surface area contributed by atoms with Crippen molar-refractivity contribution in [2.24, 2.45) is 5.92 Å². The van der Waals surface area contributed by atoms with Crippen molar-refractivity contribution in [2.45, 2.75) is 13.3 Å². The first kappa shape index (κ1) is 15.0. The maximum atomic E-state index is 11.7. The molecule has 1 aromatic carbocycles. The lowest BCUT2D eigenvalue weighted by atomic mass is 10.1. The predicted octanol–water partition coefficient (Wildman–Crippen LogP) is 0.958. The van der Waals surface area contributed by atoms with Crippen molar-refractivity contribution >= 4 is 21.4 Å². The number of aryl methyl sites for hydroxylation is 1. The van der Waals surface area contributed by atoms with Crippen molar-refractivity contribution in [3.63, 3.8) is 0 Å². The minimum absolute atomic E-state index is 0.116. The van der Waals surface area contributed by atoms with Crippen LogP contribution in [0.2, 0.25) is 0 Å². The third kappa shape index (κ3) is 4.61. The van der Waals surface area contributed by atoms with Gasteiger partial charge >= 0.3 is 0 Å². The number of benzene rings is 1. The Morgan fingerprint density at radius 2 is 2.00 bits per heavy atom. The molecule has 6 heteroatoms. The number of hydrogen-bond donors (Lipinski definition) is 2. The van der Waals surface area contributed by atoms with Crippen LogP contribution in [0.3, 0.4) is 0 Å². The van der Waals surface area contributed by atoms with Gasteiger partial charge in [-0.1, -0.05) is 17.7 Å². The summed E-state index contributed by atoms with van der Waals surface area (Å²) in [4.78, 5) is 11.7. The smallest absolute Gasteiger partial charge is 0.238 e. The van der Waals surface area contributed by atoms with E-state index in [1.165, 1.54) is 0 Å². The summed E-state index contributed by atoms with van der Waals surface area (Å²) >= 11 is 0. The molecule has 2 rings (SSSR count). The minimum Gasteiger partial charge on any atom is -0.325 e. The highest BCUT2D eigenvalue weighted by Gasteiger charge is 2.27. The van der Waals surface area contributed by atoms with Gasteiger partial charge in [-0.25, -0.2) is 8.42 Å². The van der Waals surface area contributed by atoms with Crippen LogP contribution in [0.15, 0.2) is 24.3 Å². The van der Waals surface area contributed by atoms with E-state index in [0.717, 1.165) is 11.3 Å². The molecule has 0 radical (unpaired) electrons. The number of hydrogen-bond acceptors (Lipinski definition) is 4. The van der Waals surface area contributed by atoms with Crippen LogP contribution >= 0.6 is 0 Å². The van der Waals surface area contributed by atoms with E-state index < -0.39 is 9.84 Å². The molecule has 0 bridgehead atoms. The number of carbonyl (C=O) groups excluding carboxylic acids is 1. The predicted molar refractivity (Wildman–Crippen MR) is 79.4 cm³/mol. The van der Waals surface area contributed by atoms with Gasteiger partial charge in [0.1, 0.15) is 0 Å². The zero-order valence-corrected chi connectivity index (χ0v) is 12.4. The Morgan fingerprint density at radius 3 is 2.60 bits per heavy atom. The van der Waals surface area contributed by atoms with Crippen LogP contribution in [0.25, 0.3) is 0 Å². The van der Waals surface area contributed by atoms with Crippen LogP contribution in [0.4, 0.5) is 5.69 Å². The molecule has 1 atom stereocenters. The van der Waals surface area contributed by atoms with Gasteiger partial charge in [-0.15, -0.1) is 0 Å². The number of carbonyl (C=O) groups is 1. The molecule has 110 valence electrons. The summed E-state index contributed by atoms with van der Waals surface area (Å²) in [6.07, 6.45) is 0.689. The van der Waals surface area contributed by atoms with E-state index >= 15 is 0 Å². The largest absolute Gasteiger partial charge is 0.325 e. The van der Waals surface area contributed by atoms with Crippen LogP contribution in [0.5, 0.6) is 0 Å². The minimum atomic E-state index is -2.84. The highest BCUT2D eigenvalue weighted by atomic mass is 32.2. The molecule has 1 aliphatic heterocycles. The van der Waals surface area contributed by atoms with Crippen molar-refractivity contribution in [1.82, 2.24) is 5.32 Å². The number of anilines is 1. The molecule has 1 amide bonds. The molecule has 20 heavy (non-hydrogen) atoms. The molecule has 1 unspecified atom stereocenters. The monoisotopic (exact) mass is 296 g/mol. The SMILES string of the molecule is Cc1ccc(NC(=O)CNCC2CCS(=O)(=O)C2)cc1. The van der Waals surface area contributed by atoms with Crippen LogP contribution in [0, 0.1) is 12.8 Å². The van der Waals surface area contributed by atoms with Crippen molar-refractivity contribution in [1.29, 1.82) is 0 Å². The Labute approximate surface area is 119 Å². The third-order valence-electron chi connectivity index (χ3n) is 3.38. The highest BCUT2D eigenvalue weighted by molar-refractivity contribution is 7.91. The average Bonchev–Trinajstić information content (AvgIpc) is 2.72. The second-order valence-electron chi connectivity index (χ2n) is 5.31. The van der Waals surface area contributed by atoms with Gasteiger partial charge in [0.15, 0.2) is 9.84 Å². The summed E-state index contributed by atoms with van der Waals surface area (Å²) in [7, 11) is -2.84. The Kier molecular flexibility index (Phi) is 4.77. The van der Waals surface area contributed by atoms with E-state index in [9.17, 15) is 13.2 Å². The molecule has 5 nitrogen and oxygen atoms in total. The van der Waals surface area contributed by atoms with Gasteiger partial charge in [0.05, 0.1) is 18.1 Å². The summed E-state index contributed by atoms with van der Waals surface area (Å²) in [6, 6.07) is 7.59. The van der Waals surface area contributed by atoms with E-state index in [0.29, 0.717) is 13.0 Å². The molecule has 1 heterocycles. The fourth-order valence-electron chi connectivity index (χ4n) is 2.26. The van der Waals surface area contributed by atoms with Gasteiger partial charge in [0.25, 0.3) is 0 Å². The van der Waals surface area contributed by atoms with Gasteiger partial charge in [-0.3, -0.25) is 4.79 Å². The van der Waals surface area contributed by atoms with E-state index in [1.54, 1.807) is 0 Å². The van der Waals surface area contributed by atoms with Crippen molar-refractivity contribution in [2.75, 3.05) is 29.9 Å². The summed E-state index contributed by atoms with van der Waals surface area (Å²) in [5.74, 6) is 0.524. The fourth-order valence-corrected chi connectivity index (χ4v) is 4.13. The van der Waals surface area contributed by atoms with Gasteiger partial charge < -0.3 is 10.6 Å². The summed E-state index contributed by atoms with van der Waals surface area (Å²) in [6.45, 7) is 2.76. The Balaban J connectivity index is 1.69. The topological polar surface area (TPSA) is 75.3 Å². The first-order chi connectivity index (χ1) is 9.44. The summed E-state index contributed by atoms with van der Waals surface area (Å²) < 4.78 is 22.6. The summed E-state index contributed by atoms with van der Waals surface area (Å²) in [5.41, 5.74) is 1.91. The van der Waals surface area contributed by atoms with E-state index in [1.807, 2.05) is 31.2 Å². The summed E-state index contributed by atoms with van der Waals surface area (Å²) in [5, 5.41) is 5.81. The molecule has 1 aromatic rings. The van der Waals surface area contributed by atoms with Gasteiger partial charge in [0.2, 0.25) is 5.91 Å². The molecule has 0 aliphatic carbocycles. The normalized spacial score (nSPS) is 20.8. The standard InChI is InChI=1S/C14H20N2O3S/c1-11-2-4-13(5-3-11)16-14(17)9-15-8-12-6-7-20(18,19)10-12/h2-5,12,15H,6-10H2,1H3,(H,16,17). The Bertz CT molecular complexity index is 567. The second-order valence-corrected chi connectivity index (χ2v) is 7.54. The first-order valence-corrected chi connectivity index (χ1v) is 8.54. The zero-order chi connectivity index (χ0) is 14.6. The molecule has 1 aliphatic rings. The molecule has 0 spiro atoms. The van der Waals surface area contributed by atoms with Crippen molar-refractivity contribution in [3.8, 4) is 0 Å². The van der Waals surface area contributed by atoms with Crippen LogP contribution in [-0.2, 0) is 14.6 Å². The molecular weight excluding hydrogens is 276 g/mol. The Hall–Kier alpha value is -1.40. The molecule has 0 aromatic heterocycles. The maximum Gasteiger partial charge on any atom is 0.238 e. The van der Waals surface area contributed by atoms with E-state index in [-0.39, 0.29) is 29.9 Å². The molecular formula is C14H20N2O3S. The van der Waals surface area contributed by atoms with E-state index in [4.69, 9.17) is 0 Å². The van der Waals surface area contributed by atoms with Crippen molar-refractivity contribution in [3.05, 3.63) is 29.8 Å². The fraction of sp³-hybridized carbons (Fsp3) is 0.500. The van der Waals surface area contributed by atoms with Crippen LogP contribution in [0.1, 0.15) is 12.0 Å². The number of nitrogens with one attached hydrogen (secondary N) is 2. The van der Waals surface area contributed by atoms with E-state index in [2.05, 4.69) is 10.6 Å². The third-order valence-corrected chi connectivity index (χ3v) is 5.22. The van der Waals surface area contributed by atoms with Crippen LogP contribution < -0.4 is 10.6 Å². The lowest BCUT2D eigenvalue weighted by Crippen LogP contribution is -2.32. The average molecular weight is 296 g/mol. The number of sulfone groups is 1. The Morgan fingerprint density at radius 1 is 1.30 bits per heavy atom. The zero-order valence-electron chi connectivity index (χ0n) is 11.6. The molecule has 2 N–H and O–H groups in total. The molecule has 1 saturated heterocycles. The number of amides is 1.